The summed E-state index contributed by atoms with van der Waals surface area (Å²) in [7, 11) is 0. The second kappa shape index (κ2) is 13.9. The largest absolute Gasteiger partial charge is 0.395 e. The van der Waals surface area contributed by atoms with Gasteiger partial charge < -0.3 is 20.6 Å². The van der Waals surface area contributed by atoms with Crippen molar-refractivity contribution in [2.75, 3.05) is 31.7 Å². The fourth-order valence-electron chi connectivity index (χ4n) is 2.75. The van der Waals surface area contributed by atoms with Crippen LogP contribution in [0, 0.1) is 24.4 Å². The number of aliphatic hydroxyl groups is 1. The number of aliphatic hydroxyl groups excluding tert-OH is 1. The molecule has 0 aliphatic rings. The lowest BCUT2D eigenvalue weighted by atomic mass is 10.1. The average Bonchev–Trinajstić information content (AvgIpc) is 2.83. The summed E-state index contributed by atoms with van der Waals surface area (Å²) in [5.41, 5.74) is 0.888. The summed E-state index contributed by atoms with van der Waals surface area (Å²) in [4.78, 5) is 33.8. The Kier molecular flexibility index (Phi) is 11.0. The number of rotatable bonds is 13. The predicted octanol–water partition coefficient (Wildman–Crippen LogP) is 3.08. The second-order valence-electron chi connectivity index (χ2n) is 7.30. The van der Waals surface area contributed by atoms with Gasteiger partial charge >= 0.3 is 0 Å². The number of halogens is 3. The van der Waals surface area contributed by atoms with Gasteiger partial charge in [-0.1, -0.05) is 18.1 Å². The van der Waals surface area contributed by atoms with Crippen molar-refractivity contribution in [2.45, 2.75) is 26.7 Å². The molecule has 12 heteroatoms. The molecule has 4 N–H and O–H groups in total. The predicted molar refractivity (Wildman–Crippen MR) is 123 cm³/mol. The molecular formula is C23H27F3N4O5. The average molecular weight is 496 g/mol. The normalized spacial score (nSPS) is 10.9. The number of amides is 2. The molecular weight excluding hydrogens is 469 g/mol. The van der Waals surface area contributed by atoms with Crippen LogP contribution in [0.25, 0.3) is 0 Å². The fourth-order valence-corrected chi connectivity index (χ4v) is 2.75. The minimum atomic E-state index is -1.47. The van der Waals surface area contributed by atoms with E-state index < -0.39 is 46.8 Å². The summed E-state index contributed by atoms with van der Waals surface area (Å²) in [5.74, 6) is -4.83. The molecule has 0 heterocycles. The lowest BCUT2D eigenvalue weighted by molar-refractivity contribution is -0.122. The Bertz CT molecular complexity index is 1070. The first-order valence-corrected chi connectivity index (χ1v) is 10.8. The quantitative estimate of drug-likeness (QED) is 0.192. The molecule has 0 saturated carbocycles. The zero-order valence-corrected chi connectivity index (χ0v) is 19.3. The minimum Gasteiger partial charge on any atom is -0.395 e. The number of carbonyl (C=O) groups is 2. The summed E-state index contributed by atoms with van der Waals surface area (Å²) in [5, 5.41) is 17.4. The van der Waals surface area contributed by atoms with Gasteiger partial charge in [0.15, 0.2) is 11.6 Å². The molecule has 2 aromatic rings. The van der Waals surface area contributed by atoms with Gasteiger partial charge in [-0.3, -0.25) is 14.4 Å². The maximum Gasteiger partial charge on any atom is 0.277 e. The lowest BCUT2D eigenvalue weighted by Crippen LogP contribution is -2.26. The van der Waals surface area contributed by atoms with Gasteiger partial charge in [0, 0.05) is 12.1 Å². The van der Waals surface area contributed by atoms with Gasteiger partial charge in [0.25, 0.3) is 5.91 Å². The second-order valence-corrected chi connectivity index (χ2v) is 7.30. The van der Waals surface area contributed by atoms with E-state index in [9.17, 15) is 22.8 Å². The van der Waals surface area contributed by atoms with E-state index in [1.807, 2.05) is 12.4 Å². The molecule has 2 rings (SSSR count). The van der Waals surface area contributed by atoms with Crippen LogP contribution < -0.4 is 16.1 Å². The number of carbonyl (C=O) groups excluding carboxylic acids is 2. The van der Waals surface area contributed by atoms with Gasteiger partial charge in [0.05, 0.1) is 42.8 Å². The van der Waals surface area contributed by atoms with Crippen molar-refractivity contribution in [1.82, 2.24) is 10.8 Å². The number of nitrogens with zero attached hydrogens (tertiary/aromatic N) is 1. The van der Waals surface area contributed by atoms with E-state index in [2.05, 4.69) is 15.8 Å². The fraction of sp³-hybridized carbons (Fsp3) is 0.348. The maximum atomic E-state index is 15.0. The monoisotopic (exact) mass is 496 g/mol. The van der Waals surface area contributed by atoms with Crippen molar-refractivity contribution in [3.63, 3.8) is 0 Å². The molecule has 0 aliphatic heterocycles. The van der Waals surface area contributed by atoms with Crippen LogP contribution in [0.5, 0.6) is 0 Å². The van der Waals surface area contributed by atoms with Crippen LogP contribution in [0.15, 0.2) is 29.4 Å². The van der Waals surface area contributed by atoms with Gasteiger partial charge in [-0.25, -0.2) is 18.7 Å². The Labute approximate surface area is 200 Å². The number of benzene rings is 2. The Hall–Kier alpha value is -3.64. The number of hydrogen-bond acceptors (Lipinski definition) is 7. The Balaban J connectivity index is 2.28. The molecule has 9 nitrogen and oxygen atoms in total. The summed E-state index contributed by atoms with van der Waals surface area (Å²) in [6.07, 6.45) is 1.62. The summed E-state index contributed by atoms with van der Waals surface area (Å²) in [6.45, 7) is 3.32. The van der Waals surface area contributed by atoms with Crippen LogP contribution in [-0.4, -0.2) is 49.5 Å². The van der Waals surface area contributed by atoms with Crippen LogP contribution in [-0.2, 0) is 14.5 Å². The number of nitrogens with one attached hydrogen (secondary N) is 3. The van der Waals surface area contributed by atoms with Crippen molar-refractivity contribution in [2.24, 2.45) is 5.16 Å². The molecule has 2 aromatic carbocycles. The number of anilines is 2. The zero-order chi connectivity index (χ0) is 25.8. The van der Waals surface area contributed by atoms with E-state index in [0.717, 1.165) is 18.7 Å². The Morgan fingerprint density at radius 2 is 1.91 bits per heavy atom. The van der Waals surface area contributed by atoms with E-state index >= 15 is 0 Å². The number of hydroxylamine groups is 1. The van der Waals surface area contributed by atoms with Gasteiger partial charge in [-0.2, -0.15) is 0 Å². The third-order valence-electron chi connectivity index (χ3n) is 4.48. The molecule has 35 heavy (non-hydrogen) atoms. The SMILES string of the molecule is CCCNC(=O)CCO/N=C/c1cc(C(=O)NOCCO)c(Nc2ccc(C)cc2F)c(F)c1F. The van der Waals surface area contributed by atoms with E-state index in [1.54, 1.807) is 13.0 Å². The summed E-state index contributed by atoms with van der Waals surface area (Å²) < 4.78 is 44.0. The first-order chi connectivity index (χ1) is 16.8. The topological polar surface area (TPSA) is 121 Å². The maximum absolute atomic E-state index is 15.0. The van der Waals surface area contributed by atoms with Crippen LogP contribution in [0.1, 0.15) is 41.3 Å². The Morgan fingerprint density at radius 3 is 2.60 bits per heavy atom. The highest BCUT2D eigenvalue weighted by Gasteiger charge is 2.23. The molecule has 0 fully saturated rings. The van der Waals surface area contributed by atoms with E-state index in [1.165, 1.54) is 12.1 Å². The molecule has 0 unspecified atom stereocenters. The van der Waals surface area contributed by atoms with Crippen LogP contribution in [0.2, 0.25) is 0 Å². The highest BCUT2D eigenvalue weighted by Crippen LogP contribution is 2.30. The first-order valence-electron chi connectivity index (χ1n) is 10.8. The molecule has 0 bridgehead atoms. The highest BCUT2D eigenvalue weighted by molar-refractivity contribution is 6.01. The van der Waals surface area contributed by atoms with Crippen LogP contribution in [0.4, 0.5) is 24.5 Å². The van der Waals surface area contributed by atoms with Gasteiger partial charge in [-0.05, 0) is 37.1 Å². The van der Waals surface area contributed by atoms with E-state index in [0.29, 0.717) is 12.1 Å². The molecule has 190 valence electrons. The standard InChI is InChI=1S/C23H27F3N4O5/c1-3-7-27-19(32)6-9-34-28-13-15-12-16(23(33)30-35-10-8-31)22(21(26)20(15)25)29-18-5-4-14(2)11-17(18)24/h4-5,11-13,29,31H,3,6-10H2,1-2H3,(H,27,32)(H,30,33)/b28-13+. The van der Waals surface area contributed by atoms with Crippen molar-refractivity contribution in [3.8, 4) is 0 Å². The summed E-state index contributed by atoms with van der Waals surface area (Å²) >= 11 is 0. The molecule has 0 saturated heterocycles. The molecule has 2 amide bonds. The first kappa shape index (κ1) is 27.6. The minimum absolute atomic E-state index is 0.00894. The number of hydrogen-bond donors (Lipinski definition) is 4. The van der Waals surface area contributed by atoms with Crippen molar-refractivity contribution >= 4 is 29.4 Å². The number of aryl methyl sites for hydroxylation is 1. The van der Waals surface area contributed by atoms with E-state index in [-0.39, 0.29) is 31.2 Å². The van der Waals surface area contributed by atoms with Crippen LogP contribution >= 0.6 is 0 Å². The molecule has 0 spiro atoms. The van der Waals surface area contributed by atoms with Crippen LogP contribution in [0.3, 0.4) is 0 Å². The molecule has 0 aliphatic carbocycles. The lowest BCUT2D eigenvalue weighted by Gasteiger charge is -2.15. The molecule has 0 atom stereocenters. The molecule has 0 radical (unpaired) electrons. The van der Waals surface area contributed by atoms with E-state index in [4.69, 9.17) is 14.8 Å². The highest BCUT2D eigenvalue weighted by atomic mass is 19.2. The van der Waals surface area contributed by atoms with Gasteiger partial charge in [0.2, 0.25) is 5.91 Å². The molecule has 0 aromatic heterocycles. The third kappa shape index (κ3) is 8.26. The van der Waals surface area contributed by atoms with Gasteiger partial charge in [0.1, 0.15) is 12.4 Å². The Morgan fingerprint density at radius 1 is 1.14 bits per heavy atom. The third-order valence-corrected chi connectivity index (χ3v) is 4.48. The summed E-state index contributed by atoms with van der Waals surface area (Å²) in [6, 6.07) is 5.00. The van der Waals surface area contributed by atoms with Gasteiger partial charge in [-0.15, -0.1) is 0 Å². The van der Waals surface area contributed by atoms with Crippen molar-refractivity contribution in [3.05, 3.63) is 58.4 Å². The smallest absolute Gasteiger partial charge is 0.277 e. The number of oxime groups is 1. The van der Waals surface area contributed by atoms with Crippen molar-refractivity contribution in [1.29, 1.82) is 0 Å². The zero-order valence-electron chi connectivity index (χ0n) is 19.3. The van der Waals surface area contributed by atoms with Crippen molar-refractivity contribution < 1.29 is 37.5 Å².